The molecule has 0 aromatic heterocycles. The first-order chi connectivity index (χ1) is 8.00. The monoisotopic (exact) mass is 237 g/mol. The van der Waals surface area contributed by atoms with Crippen molar-refractivity contribution < 1.29 is 4.79 Å². The Morgan fingerprint density at radius 3 is 2.12 bits per heavy atom. The van der Waals surface area contributed by atoms with Crippen LogP contribution in [0.2, 0.25) is 0 Å². The molecule has 0 unspecified atom stereocenters. The molecule has 0 radical (unpaired) electrons. The number of carbonyl (C=O) groups excluding carboxylic acids is 1. The zero-order chi connectivity index (χ0) is 12.8. The van der Waals surface area contributed by atoms with E-state index >= 15 is 0 Å². The second-order valence-corrected chi connectivity index (χ2v) is 5.79. The third-order valence-electron chi connectivity index (χ3n) is 3.46. The van der Waals surface area contributed by atoms with Gasteiger partial charge in [0.1, 0.15) is 0 Å². The summed E-state index contributed by atoms with van der Waals surface area (Å²) in [5.74, 6) is 0.730. The maximum Gasteiger partial charge on any atom is 0.159 e. The van der Waals surface area contributed by atoms with Crippen LogP contribution < -0.4 is 5.32 Å². The second-order valence-electron chi connectivity index (χ2n) is 5.79. The van der Waals surface area contributed by atoms with E-state index in [0.717, 1.165) is 5.70 Å². The smallest absolute Gasteiger partial charge is 0.159 e. The van der Waals surface area contributed by atoms with E-state index in [1.165, 1.54) is 32.1 Å². The van der Waals surface area contributed by atoms with Gasteiger partial charge < -0.3 is 5.32 Å². The summed E-state index contributed by atoms with van der Waals surface area (Å²) < 4.78 is 0. The molecule has 1 saturated carbocycles. The van der Waals surface area contributed by atoms with Crippen LogP contribution in [0, 0.1) is 11.8 Å². The van der Waals surface area contributed by atoms with Gasteiger partial charge in [0.25, 0.3) is 0 Å². The molecular weight excluding hydrogens is 210 g/mol. The standard InChI is InChI=1S/C15H27NO/c1-11(2)14(10-15(17)12(3)4)16-13-8-6-5-7-9-13/h10-13,16H,5-9H2,1-4H3/b14-10+. The summed E-state index contributed by atoms with van der Waals surface area (Å²) in [7, 11) is 0. The van der Waals surface area contributed by atoms with E-state index in [9.17, 15) is 4.79 Å². The van der Waals surface area contributed by atoms with Crippen LogP contribution in [0.5, 0.6) is 0 Å². The Labute approximate surface area is 106 Å². The molecule has 0 heterocycles. The highest BCUT2D eigenvalue weighted by atomic mass is 16.1. The summed E-state index contributed by atoms with van der Waals surface area (Å²) in [5, 5.41) is 3.58. The molecule has 0 aromatic carbocycles. The molecular formula is C15H27NO. The SMILES string of the molecule is CC(C)C(=O)/C=C(/NC1CCCCC1)C(C)C. The fourth-order valence-electron chi connectivity index (χ4n) is 2.18. The fourth-order valence-corrected chi connectivity index (χ4v) is 2.18. The van der Waals surface area contributed by atoms with Crippen molar-refractivity contribution in [1.82, 2.24) is 5.32 Å². The van der Waals surface area contributed by atoms with Gasteiger partial charge in [0.15, 0.2) is 5.78 Å². The van der Waals surface area contributed by atoms with E-state index < -0.39 is 0 Å². The lowest BCUT2D eigenvalue weighted by atomic mass is 9.94. The highest BCUT2D eigenvalue weighted by Crippen LogP contribution is 2.20. The molecule has 0 spiro atoms. The van der Waals surface area contributed by atoms with E-state index in [1.807, 2.05) is 19.9 Å². The van der Waals surface area contributed by atoms with Crippen LogP contribution in [0.3, 0.4) is 0 Å². The van der Waals surface area contributed by atoms with E-state index in [0.29, 0.717) is 12.0 Å². The van der Waals surface area contributed by atoms with Crippen molar-refractivity contribution in [1.29, 1.82) is 0 Å². The minimum atomic E-state index is 0.0944. The summed E-state index contributed by atoms with van der Waals surface area (Å²) in [4.78, 5) is 11.8. The van der Waals surface area contributed by atoms with Gasteiger partial charge in [-0.25, -0.2) is 0 Å². The molecule has 2 nitrogen and oxygen atoms in total. The lowest BCUT2D eigenvalue weighted by Gasteiger charge is -2.27. The van der Waals surface area contributed by atoms with Gasteiger partial charge in [0.05, 0.1) is 0 Å². The quantitative estimate of drug-likeness (QED) is 0.739. The molecule has 0 aliphatic heterocycles. The van der Waals surface area contributed by atoms with Crippen LogP contribution in [0.15, 0.2) is 11.8 Å². The Bertz CT molecular complexity index is 273. The van der Waals surface area contributed by atoms with Crippen molar-refractivity contribution in [2.24, 2.45) is 11.8 Å². The highest BCUT2D eigenvalue weighted by Gasteiger charge is 2.16. The molecule has 0 amide bonds. The first-order valence-corrected chi connectivity index (χ1v) is 7.02. The van der Waals surface area contributed by atoms with Gasteiger partial charge in [-0.15, -0.1) is 0 Å². The summed E-state index contributed by atoms with van der Waals surface area (Å²) in [5.41, 5.74) is 1.12. The highest BCUT2D eigenvalue weighted by molar-refractivity contribution is 5.91. The normalized spacial score (nSPS) is 18.8. The van der Waals surface area contributed by atoms with Crippen molar-refractivity contribution in [3.05, 3.63) is 11.8 Å². The van der Waals surface area contributed by atoms with Crippen LogP contribution in [0.1, 0.15) is 59.8 Å². The minimum absolute atomic E-state index is 0.0944. The molecule has 17 heavy (non-hydrogen) atoms. The lowest BCUT2D eigenvalue weighted by Crippen LogP contribution is -2.32. The molecule has 0 bridgehead atoms. The van der Waals surface area contributed by atoms with Gasteiger partial charge in [-0.1, -0.05) is 47.0 Å². The van der Waals surface area contributed by atoms with Crippen LogP contribution in [0.25, 0.3) is 0 Å². The molecule has 1 rings (SSSR count). The molecule has 98 valence electrons. The maximum atomic E-state index is 11.8. The van der Waals surface area contributed by atoms with Crippen molar-refractivity contribution >= 4 is 5.78 Å². The van der Waals surface area contributed by atoms with E-state index in [4.69, 9.17) is 0 Å². The van der Waals surface area contributed by atoms with Crippen LogP contribution in [0.4, 0.5) is 0 Å². The van der Waals surface area contributed by atoms with Crippen molar-refractivity contribution in [2.75, 3.05) is 0 Å². The zero-order valence-corrected chi connectivity index (χ0v) is 11.8. The van der Waals surface area contributed by atoms with Gasteiger partial charge in [-0.3, -0.25) is 4.79 Å². The number of carbonyl (C=O) groups is 1. The number of ketones is 1. The Hall–Kier alpha value is -0.790. The van der Waals surface area contributed by atoms with E-state index in [1.54, 1.807) is 0 Å². The van der Waals surface area contributed by atoms with E-state index in [-0.39, 0.29) is 11.7 Å². The first-order valence-electron chi connectivity index (χ1n) is 7.02. The predicted octanol–water partition coefficient (Wildman–Crippen LogP) is 3.67. The van der Waals surface area contributed by atoms with Crippen molar-refractivity contribution in [2.45, 2.75) is 65.8 Å². The topological polar surface area (TPSA) is 29.1 Å². The molecule has 0 atom stereocenters. The van der Waals surface area contributed by atoms with Gasteiger partial charge >= 0.3 is 0 Å². The van der Waals surface area contributed by atoms with Crippen LogP contribution in [-0.2, 0) is 4.79 Å². The average Bonchev–Trinajstić information content (AvgIpc) is 2.29. The Kier molecular flexibility index (Phi) is 5.73. The maximum absolute atomic E-state index is 11.8. The van der Waals surface area contributed by atoms with Gasteiger partial charge in [-0.2, -0.15) is 0 Å². The van der Waals surface area contributed by atoms with Gasteiger partial charge in [0, 0.05) is 23.7 Å². The molecule has 0 aromatic rings. The molecule has 1 aliphatic carbocycles. The lowest BCUT2D eigenvalue weighted by molar-refractivity contribution is -0.117. The number of nitrogens with one attached hydrogen (secondary N) is 1. The zero-order valence-electron chi connectivity index (χ0n) is 11.8. The summed E-state index contributed by atoms with van der Waals surface area (Å²) in [6.07, 6.45) is 8.33. The van der Waals surface area contributed by atoms with Crippen LogP contribution in [-0.4, -0.2) is 11.8 Å². The molecule has 0 saturated heterocycles. The molecule has 2 heteroatoms. The average molecular weight is 237 g/mol. The minimum Gasteiger partial charge on any atom is -0.385 e. The third kappa shape index (κ3) is 4.93. The molecule has 1 aliphatic rings. The summed E-state index contributed by atoms with van der Waals surface area (Å²) in [6, 6.07) is 0.581. The number of hydrogen-bond donors (Lipinski definition) is 1. The fraction of sp³-hybridized carbons (Fsp3) is 0.800. The Morgan fingerprint density at radius 1 is 1.06 bits per heavy atom. The summed E-state index contributed by atoms with van der Waals surface area (Å²) >= 11 is 0. The van der Waals surface area contributed by atoms with Crippen LogP contribution >= 0.6 is 0 Å². The number of rotatable bonds is 5. The summed E-state index contributed by atoms with van der Waals surface area (Å²) in [6.45, 7) is 8.21. The Balaban J connectivity index is 2.62. The Morgan fingerprint density at radius 2 is 1.65 bits per heavy atom. The number of allylic oxidation sites excluding steroid dienone is 2. The van der Waals surface area contributed by atoms with Crippen molar-refractivity contribution in [3.8, 4) is 0 Å². The number of hydrogen-bond acceptors (Lipinski definition) is 2. The predicted molar refractivity (Wildman–Crippen MR) is 72.8 cm³/mol. The largest absolute Gasteiger partial charge is 0.385 e. The molecule has 1 N–H and O–H groups in total. The first kappa shape index (κ1) is 14.3. The second kappa shape index (κ2) is 6.83. The van der Waals surface area contributed by atoms with Gasteiger partial charge in [-0.05, 0) is 18.8 Å². The molecule has 1 fully saturated rings. The van der Waals surface area contributed by atoms with E-state index in [2.05, 4.69) is 19.2 Å². The van der Waals surface area contributed by atoms with Crippen molar-refractivity contribution in [3.63, 3.8) is 0 Å². The third-order valence-corrected chi connectivity index (χ3v) is 3.46. The van der Waals surface area contributed by atoms with Gasteiger partial charge in [0.2, 0.25) is 0 Å².